The van der Waals surface area contributed by atoms with Crippen molar-refractivity contribution >= 4 is 28.4 Å². The lowest BCUT2D eigenvalue weighted by molar-refractivity contribution is -0.121. The highest BCUT2D eigenvalue weighted by Gasteiger charge is 2.12. The molecule has 6 heteroatoms. The highest BCUT2D eigenvalue weighted by Crippen LogP contribution is 2.16. The van der Waals surface area contributed by atoms with Gasteiger partial charge in [0.2, 0.25) is 5.91 Å². The number of aromatic nitrogens is 3. The van der Waals surface area contributed by atoms with E-state index >= 15 is 0 Å². The molecule has 0 radical (unpaired) electrons. The first kappa shape index (κ1) is 17.6. The van der Waals surface area contributed by atoms with Crippen LogP contribution in [0.4, 0.5) is 0 Å². The van der Waals surface area contributed by atoms with Gasteiger partial charge < -0.3 is 9.88 Å². The molecule has 0 fully saturated rings. The molecule has 0 atom stereocenters. The second kappa shape index (κ2) is 8.25. The molecular formula is C19H24N4OS. The van der Waals surface area contributed by atoms with E-state index in [0.29, 0.717) is 19.4 Å². The van der Waals surface area contributed by atoms with Crippen molar-refractivity contribution in [3.05, 3.63) is 46.0 Å². The molecule has 0 aliphatic carbocycles. The quantitative estimate of drug-likeness (QED) is 0.672. The summed E-state index contributed by atoms with van der Waals surface area (Å²) in [6, 6.07) is 5.99. The second-order valence-electron chi connectivity index (χ2n) is 6.15. The summed E-state index contributed by atoms with van der Waals surface area (Å²) in [5, 5.41) is 5.11. The number of carbonyl (C=O) groups excluding carboxylic acids is 1. The molecule has 0 aliphatic rings. The van der Waals surface area contributed by atoms with E-state index in [0.717, 1.165) is 36.4 Å². The first-order valence-electron chi connectivity index (χ1n) is 8.79. The number of fused-ring (bicyclic) bond motifs is 1. The second-order valence-corrected chi connectivity index (χ2v) is 7.15. The number of carbonyl (C=O) groups is 1. The van der Waals surface area contributed by atoms with E-state index in [1.165, 1.54) is 10.4 Å². The Bertz CT molecular complexity index is 852. The number of hydrogen-bond donors (Lipinski definition) is 1. The number of thiophene rings is 1. The Hall–Kier alpha value is -2.21. The van der Waals surface area contributed by atoms with Crippen LogP contribution in [-0.2, 0) is 24.2 Å². The Morgan fingerprint density at radius 2 is 2.20 bits per heavy atom. The minimum absolute atomic E-state index is 0.0808. The van der Waals surface area contributed by atoms with Crippen LogP contribution in [-0.4, -0.2) is 27.0 Å². The summed E-state index contributed by atoms with van der Waals surface area (Å²) in [5.74, 6) is 1.03. The molecule has 1 amide bonds. The van der Waals surface area contributed by atoms with Crippen LogP contribution < -0.4 is 5.32 Å². The van der Waals surface area contributed by atoms with E-state index < -0.39 is 0 Å². The number of nitrogens with one attached hydrogen (secondary N) is 1. The van der Waals surface area contributed by atoms with Crippen LogP contribution in [0.25, 0.3) is 11.2 Å². The Morgan fingerprint density at radius 3 is 2.96 bits per heavy atom. The molecule has 5 nitrogen and oxygen atoms in total. The molecule has 1 N–H and O–H groups in total. The molecule has 0 spiro atoms. The highest BCUT2D eigenvalue weighted by atomic mass is 32.1. The maximum absolute atomic E-state index is 12.2. The number of imidazole rings is 1. The minimum Gasteiger partial charge on any atom is -0.356 e. The number of nitrogens with zero attached hydrogens (tertiary/aromatic N) is 3. The van der Waals surface area contributed by atoms with E-state index in [1.54, 1.807) is 17.5 Å². The minimum atomic E-state index is 0.0808. The molecular weight excluding hydrogens is 332 g/mol. The average molecular weight is 356 g/mol. The van der Waals surface area contributed by atoms with Crippen molar-refractivity contribution in [1.82, 2.24) is 19.9 Å². The molecule has 25 heavy (non-hydrogen) atoms. The van der Waals surface area contributed by atoms with E-state index in [2.05, 4.69) is 45.1 Å². The van der Waals surface area contributed by atoms with Gasteiger partial charge in [0.15, 0.2) is 5.65 Å². The number of aryl methyl sites for hydroxylation is 3. The third-order valence-corrected chi connectivity index (χ3v) is 5.33. The number of hydrogen-bond acceptors (Lipinski definition) is 4. The Labute approximate surface area is 152 Å². The summed E-state index contributed by atoms with van der Waals surface area (Å²) in [6.07, 6.45) is 4.80. The Kier molecular flexibility index (Phi) is 5.81. The maximum Gasteiger partial charge on any atom is 0.220 e. The van der Waals surface area contributed by atoms with Crippen molar-refractivity contribution < 1.29 is 4.79 Å². The van der Waals surface area contributed by atoms with Crippen molar-refractivity contribution in [3.8, 4) is 0 Å². The molecule has 3 aromatic heterocycles. The van der Waals surface area contributed by atoms with Gasteiger partial charge in [-0.05, 0) is 48.9 Å². The molecule has 0 bridgehead atoms. The molecule has 0 saturated carbocycles. The van der Waals surface area contributed by atoms with Crippen molar-refractivity contribution in [3.63, 3.8) is 0 Å². The average Bonchev–Trinajstić information content (AvgIpc) is 3.17. The fourth-order valence-electron chi connectivity index (χ4n) is 2.94. The van der Waals surface area contributed by atoms with Crippen molar-refractivity contribution in [1.29, 1.82) is 0 Å². The van der Waals surface area contributed by atoms with Gasteiger partial charge >= 0.3 is 0 Å². The standard InChI is InChI=1S/C19H24N4OS/c1-3-12-23-17(22-15-5-4-10-21-19(15)23)6-7-18(24)20-11-8-16-14(2)9-13-25-16/h4-5,9-10,13H,3,6-8,11-12H2,1-2H3,(H,20,24). The van der Waals surface area contributed by atoms with Gasteiger partial charge in [0, 0.05) is 37.0 Å². The van der Waals surface area contributed by atoms with Gasteiger partial charge in [-0.2, -0.15) is 0 Å². The van der Waals surface area contributed by atoms with E-state index in [-0.39, 0.29) is 5.91 Å². The molecule has 132 valence electrons. The normalized spacial score (nSPS) is 11.1. The molecule has 0 unspecified atom stereocenters. The zero-order valence-corrected chi connectivity index (χ0v) is 15.6. The lowest BCUT2D eigenvalue weighted by atomic mass is 10.2. The van der Waals surface area contributed by atoms with Gasteiger partial charge in [0.25, 0.3) is 0 Å². The van der Waals surface area contributed by atoms with Gasteiger partial charge in [-0.15, -0.1) is 11.3 Å². The van der Waals surface area contributed by atoms with Crippen LogP contribution in [0.1, 0.15) is 36.0 Å². The van der Waals surface area contributed by atoms with Crippen LogP contribution in [0.15, 0.2) is 29.8 Å². The van der Waals surface area contributed by atoms with Crippen molar-refractivity contribution in [2.75, 3.05) is 6.54 Å². The number of pyridine rings is 1. The predicted molar refractivity (Wildman–Crippen MR) is 102 cm³/mol. The summed E-state index contributed by atoms with van der Waals surface area (Å²) in [7, 11) is 0. The highest BCUT2D eigenvalue weighted by molar-refractivity contribution is 7.10. The summed E-state index contributed by atoms with van der Waals surface area (Å²) in [6.45, 7) is 5.81. The Morgan fingerprint density at radius 1 is 1.32 bits per heavy atom. The van der Waals surface area contributed by atoms with Gasteiger partial charge in [0.1, 0.15) is 11.3 Å². The van der Waals surface area contributed by atoms with Crippen molar-refractivity contribution in [2.45, 2.75) is 46.1 Å². The Balaban J connectivity index is 1.55. The van der Waals surface area contributed by atoms with Crippen LogP contribution in [0, 0.1) is 6.92 Å². The summed E-state index contributed by atoms with van der Waals surface area (Å²) in [5.41, 5.74) is 3.12. The zero-order chi connectivity index (χ0) is 17.6. The smallest absolute Gasteiger partial charge is 0.220 e. The van der Waals surface area contributed by atoms with E-state index in [9.17, 15) is 4.79 Å². The summed E-state index contributed by atoms with van der Waals surface area (Å²) < 4.78 is 2.14. The SMILES string of the molecule is CCCn1c(CCC(=O)NCCc2sccc2C)nc2cccnc21. The molecule has 3 heterocycles. The molecule has 0 aromatic carbocycles. The topological polar surface area (TPSA) is 59.8 Å². The monoisotopic (exact) mass is 356 g/mol. The first-order chi connectivity index (χ1) is 12.2. The summed E-state index contributed by atoms with van der Waals surface area (Å²) >= 11 is 1.75. The molecule has 0 aliphatic heterocycles. The lowest BCUT2D eigenvalue weighted by Gasteiger charge is -2.08. The van der Waals surface area contributed by atoms with Crippen molar-refractivity contribution in [2.24, 2.45) is 0 Å². The van der Waals surface area contributed by atoms with Crippen LogP contribution in [0.3, 0.4) is 0 Å². The fraction of sp³-hybridized carbons (Fsp3) is 0.421. The van der Waals surface area contributed by atoms with Crippen LogP contribution >= 0.6 is 11.3 Å². The molecule has 3 aromatic rings. The molecule has 0 saturated heterocycles. The van der Waals surface area contributed by atoms with E-state index in [4.69, 9.17) is 0 Å². The predicted octanol–water partition coefficient (Wildman–Crippen LogP) is 3.50. The lowest BCUT2D eigenvalue weighted by Crippen LogP contribution is -2.26. The third kappa shape index (κ3) is 4.25. The van der Waals surface area contributed by atoms with Gasteiger partial charge in [-0.25, -0.2) is 9.97 Å². The van der Waals surface area contributed by atoms with Crippen LogP contribution in [0.2, 0.25) is 0 Å². The van der Waals surface area contributed by atoms with Gasteiger partial charge in [0.05, 0.1) is 0 Å². The van der Waals surface area contributed by atoms with Crippen LogP contribution in [0.5, 0.6) is 0 Å². The largest absolute Gasteiger partial charge is 0.356 e. The maximum atomic E-state index is 12.2. The summed E-state index contributed by atoms with van der Waals surface area (Å²) in [4.78, 5) is 22.6. The fourth-order valence-corrected chi connectivity index (χ4v) is 3.85. The first-order valence-corrected chi connectivity index (χ1v) is 9.66. The molecule has 3 rings (SSSR count). The van der Waals surface area contributed by atoms with E-state index in [1.807, 2.05) is 12.1 Å². The number of rotatable bonds is 8. The van der Waals surface area contributed by atoms with Gasteiger partial charge in [-0.1, -0.05) is 6.92 Å². The zero-order valence-electron chi connectivity index (χ0n) is 14.8. The third-order valence-electron chi connectivity index (χ3n) is 4.25. The number of amides is 1. The van der Waals surface area contributed by atoms with Gasteiger partial charge in [-0.3, -0.25) is 4.79 Å².